The van der Waals surface area contributed by atoms with Gasteiger partial charge in [0.2, 0.25) is 0 Å². The van der Waals surface area contributed by atoms with Crippen molar-refractivity contribution in [2.45, 2.75) is 57.3 Å². The van der Waals surface area contributed by atoms with Crippen molar-refractivity contribution in [3.8, 4) is 0 Å². The zero-order valence-electron chi connectivity index (χ0n) is 12.8. The largest absolute Gasteiger partial charge is 0.371 e. The van der Waals surface area contributed by atoms with Crippen molar-refractivity contribution in [1.29, 1.82) is 0 Å². The molecule has 3 atom stereocenters. The number of carbonyl (C=O) groups is 2. The van der Waals surface area contributed by atoms with Gasteiger partial charge in [0.05, 0.1) is 38.5 Å². The Hall–Kier alpha value is -1.14. The van der Waals surface area contributed by atoms with Gasteiger partial charge in [0.25, 0.3) is 5.91 Å². The van der Waals surface area contributed by atoms with E-state index in [2.05, 4.69) is 6.92 Å². The van der Waals surface area contributed by atoms with Crippen LogP contribution in [0, 0.1) is 0 Å². The maximum atomic E-state index is 12.8. The van der Waals surface area contributed by atoms with Crippen molar-refractivity contribution in [1.82, 2.24) is 9.80 Å². The molecule has 0 aromatic rings. The number of carbonyl (C=O) groups excluding carboxylic acids is 2. The molecule has 3 heterocycles. The van der Waals surface area contributed by atoms with Gasteiger partial charge in [0.15, 0.2) is 0 Å². The van der Waals surface area contributed by atoms with Crippen molar-refractivity contribution < 1.29 is 19.1 Å². The van der Waals surface area contributed by atoms with E-state index in [1.165, 1.54) is 4.90 Å². The normalized spacial score (nSPS) is 34.8. The van der Waals surface area contributed by atoms with E-state index in [4.69, 9.17) is 9.47 Å². The first-order chi connectivity index (χ1) is 10.1. The highest BCUT2D eigenvalue weighted by Gasteiger charge is 2.55. The molecule has 0 bridgehead atoms. The van der Waals surface area contributed by atoms with Gasteiger partial charge in [-0.1, -0.05) is 26.2 Å². The van der Waals surface area contributed by atoms with E-state index in [0.717, 1.165) is 25.7 Å². The number of ether oxygens (including phenoxy) is 2. The third-order valence-corrected chi connectivity index (χ3v) is 4.61. The van der Waals surface area contributed by atoms with Crippen molar-refractivity contribution in [2.24, 2.45) is 0 Å². The summed E-state index contributed by atoms with van der Waals surface area (Å²) in [5.41, 5.74) is -0.715. The quantitative estimate of drug-likeness (QED) is 0.386. The molecule has 118 valence electrons. The maximum absolute atomic E-state index is 12.8. The SMILES string of the molecule is CCCCCC1(C)C(=O)N(CC2CO2)C(=O)N1CC1CO1. The first-order valence-corrected chi connectivity index (χ1v) is 7.93. The summed E-state index contributed by atoms with van der Waals surface area (Å²) in [5.74, 6) is -0.0697. The van der Waals surface area contributed by atoms with Crippen molar-refractivity contribution in [3.05, 3.63) is 0 Å². The van der Waals surface area contributed by atoms with Crippen LogP contribution in [-0.4, -0.2) is 65.8 Å². The Morgan fingerprint density at radius 2 is 1.76 bits per heavy atom. The molecule has 0 aromatic carbocycles. The topological polar surface area (TPSA) is 65.7 Å². The molecule has 21 heavy (non-hydrogen) atoms. The number of hydrogen-bond acceptors (Lipinski definition) is 4. The lowest BCUT2D eigenvalue weighted by Gasteiger charge is -2.31. The van der Waals surface area contributed by atoms with Gasteiger partial charge in [-0.2, -0.15) is 0 Å². The minimum absolute atomic E-state index is 0.0370. The smallest absolute Gasteiger partial charge is 0.327 e. The molecule has 0 N–H and O–H groups in total. The number of imide groups is 1. The van der Waals surface area contributed by atoms with Gasteiger partial charge in [-0.15, -0.1) is 0 Å². The molecule has 3 aliphatic rings. The van der Waals surface area contributed by atoms with E-state index >= 15 is 0 Å². The average molecular weight is 296 g/mol. The van der Waals surface area contributed by atoms with Gasteiger partial charge < -0.3 is 14.4 Å². The van der Waals surface area contributed by atoms with E-state index in [1.54, 1.807) is 4.90 Å². The minimum atomic E-state index is -0.715. The van der Waals surface area contributed by atoms with Crippen LogP contribution in [0.15, 0.2) is 0 Å². The van der Waals surface area contributed by atoms with Crippen LogP contribution in [0.1, 0.15) is 39.5 Å². The molecule has 3 fully saturated rings. The van der Waals surface area contributed by atoms with Gasteiger partial charge in [0.1, 0.15) is 5.54 Å². The van der Waals surface area contributed by atoms with E-state index in [9.17, 15) is 9.59 Å². The molecule has 3 aliphatic heterocycles. The van der Waals surface area contributed by atoms with E-state index in [0.29, 0.717) is 26.3 Å². The number of urea groups is 1. The summed E-state index contributed by atoms with van der Waals surface area (Å²) < 4.78 is 10.4. The Morgan fingerprint density at radius 1 is 1.14 bits per heavy atom. The summed E-state index contributed by atoms with van der Waals surface area (Å²) in [7, 11) is 0. The predicted octanol–water partition coefficient (Wildman–Crippen LogP) is 1.39. The summed E-state index contributed by atoms with van der Waals surface area (Å²) in [5, 5.41) is 0. The van der Waals surface area contributed by atoms with Crippen molar-refractivity contribution in [2.75, 3.05) is 26.3 Å². The standard InChI is InChI=1S/C15H24N2O4/c1-3-4-5-6-15(2)13(18)16(7-11-9-20-11)14(19)17(15)8-12-10-21-12/h11-12H,3-10H2,1-2H3. The van der Waals surface area contributed by atoms with Gasteiger partial charge in [-0.3, -0.25) is 9.69 Å². The molecule has 0 radical (unpaired) electrons. The number of epoxide rings is 2. The van der Waals surface area contributed by atoms with Crippen LogP contribution in [0.4, 0.5) is 4.79 Å². The van der Waals surface area contributed by atoms with Gasteiger partial charge in [-0.25, -0.2) is 4.79 Å². The van der Waals surface area contributed by atoms with Crippen LogP contribution in [0.2, 0.25) is 0 Å². The Balaban J connectivity index is 1.74. The molecule has 3 saturated heterocycles. The zero-order valence-corrected chi connectivity index (χ0v) is 12.8. The Labute approximate surface area is 125 Å². The fourth-order valence-electron chi connectivity index (χ4n) is 3.01. The second kappa shape index (κ2) is 5.57. The monoisotopic (exact) mass is 296 g/mol. The number of rotatable bonds is 8. The van der Waals surface area contributed by atoms with Crippen LogP contribution in [0.5, 0.6) is 0 Å². The summed E-state index contributed by atoms with van der Waals surface area (Å²) in [4.78, 5) is 28.5. The van der Waals surface area contributed by atoms with E-state index in [1.807, 2.05) is 6.92 Å². The average Bonchev–Trinajstić information content (AvgIpc) is 3.35. The van der Waals surface area contributed by atoms with Crippen LogP contribution in [-0.2, 0) is 14.3 Å². The van der Waals surface area contributed by atoms with Crippen molar-refractivity contribution in [3.63, 3.8) is 0 Å². The number of amides is 3. The van der Waals surface area contributed by atoms with Gasteiger partial charge >= 0.3 is 6.03 Å². The number of nitrogens with zero attached hydrogens (tertiary/aromatic N) is 2. The van der Waals surface area contributed by atoms with Gasteiger partial charge in [-0.05, 0) is 13.3 Å². The summed E-state index contributed by atoms with van der Waals surface area (Å²) >= 11 is 0. The second-order valence-electron chi connectivity index (χ2n) is 6.45. The molecule has 6 heteroatoms. The lowest BCUT2D eigenvalue weighted by Crippen LogP contribution is -2.48. The molecule has 0 aliphatic carbocycles. The Morgan fingerprint density at radius 3 is 2.33 bits per heavy atom. The lowest BCUT2D eigenvalue weighted by molar-refractivity contribution is -0.133. The highest BCUT2D eigenvalue weighted by atomic mass is 16.6. The van der Waals surface area contributed by atoms with E-state index in [-0.39, 0.29) is 24.1 Å². The molecule has 6 nitrogen and oxygen atoms in total. The van der Waals surface area contributed by atoms with Crippen LogP contribution < -0.4 is 0 Å². The molecule has 3 unspecified atom stereocenters. The third kappa shape index (κ3) is 2.92. The molecule has 3 rings (SSSR count). The highest BCUT2D eigenvalue weighted by molar-refractivity contribution is 6.06. The minimum Gasteiger partial charge on any atom is -0.371 e. The number of unbranched alkanes of at least 4 members (excludes halogenated alkanes) is 2. The fraction of sp³-hybridized carbons (Fsp3) is 0.867. The fourth-order valence-corrected chi connectivity index (χ4v) is 3.01. The first-order valence-electron chi connectivity index (χ1n) is 7.93. The molecule has 0 spiro atoms. The molecule has 0 saturated carbocycles. The lowest BCUT2D eigenvalue weighted by atomic mass is 9.92. The van der Waals surface area contributed by atoms with Crippen LogP contribution >= 0.6 is 0 Å². The summed E-state index contributed by atoms with van der Waals surface area (Å²) in [6, 6.07) is -0.176. The maximum Gasteiger partial charge on any atom is 0.327 e. The third-order valence-electron chi connectivity index (χ3n) is 4.61. The molecule has 0 aromatic heterocycles. The van der Waals surface area contributed by atoms with Gasteiger partial charge in [0, 0.05) is 0 Å². The zero-order chi connectivity index (χ0) is 15.0. The molecule has 3 amide bonds. The summed E-state index contributed by atoms with van der Waals surface area (Å²) in [6.07, 6.45) is 4.00. The second-order valence-corrected chi connectivity index (χ2v) is 6.45. The summed E-state index contributed by atoms with van der Waals surface area (Å²) in [6.45, 7) is 6.29. The van der Waals surface area contributed by atoms with E-state index < -0.39 is 5.54 Å². The highest BCUT2D eigenvalue weighted by Crippen LogP contribution is 2.35. The molecular weight excluding hydrogens is 272 g/mol. The number of hydrogen-bond donors (Lipinski definition) is 0. The van der Waals surface area contributed by atoms with Crippen molar-refractivity contribution >= 4 is 11.9 Å². The Kier molecular flexibility index (Phi) is 3.92. The van der Waals surface area contributed by atoms with Crippen LogP contribution in [0.3, 0.4) is 0 Å². The first kappa shape index (κ1) is 14.8. The predicted molar refractivity (Wildman–Crippen MR) is 75.8 cm³/mol. The molecular formula is C15H24N2O4. The Bertz CT molecular complexity index is 433. The van der Waals surface area contributed by atoms with Crippen LogP contribution in [0.25, 0.3) is 0 Å².